The van der Waals surface area contributed by atoms with Gasteiger partial charge in [-0.15, -0.1) is 12.4 Å². The first-order valence-corrected chi connectivity index (χ1v) is 11.5. The lowest BCUT2D eigenvalue weighted by molar-refractivity contribution is -0.137. The van der Waals surface area contributed by atoms with Crippen LogP contribution in [0, 0.1) is 6.92 Å². The molecule has 0 saturated carbocycles. The Kier molecular flexibility index (Phi) is 9.03. The number of amides is 2. The van der Waals surface area contributed by atoms with E-state index in [2.05, 4.69) is 20.6 Å². The Balaban J connectivity index is 0.00000400. The van der Waals surface area contributed by atoms with Gasteiger partial charge in [0, 0.05) is 24.4 Å². The second-order valence-corrected chi connectivity index (χ2v) is 8.65. The Morgan fingerprint density at radius 3 is 2.50 bits per heavy atom. The smallest absolute Gasteiger partial charge is 0.377 e. The highest BCUT2D eigenvalue weighted by Gasteiger charge is 2.35. The molecule has 0 spiro atoms. The molecule has 200 valence electrons. The van der Waals surface area contributed by atoms with Crippen LogP contribution in [0.4, 0.5) is 18.9 Å². The molecule has 12 heteroatoms. The van der Waals surface area contributed by atoms with Crippen LogP contribution in [0.1, 0.15) is 43.2 Å². The van der Waals surface area contributed by atoms with Gasteiger partial charge in [0.1, 0.15) is 17.9 Å². The molecule has 0 aliphatic heterocycles. The molecule has 0 saturated heterocycles. The Bertz CT molecular complexity index is 1490. The van der Waals surface area contributed by atoms with E-state index in [0.717, 1.165) is 23.3 Å². The summed E-state index contributed by atoms with van der Waals surface area (Å²) in [7, 11) is 1.48. The number of alkyl halides is 3. The first kappa shape index (κ1) is 29.0. The van der Waals surface area contributed by atoms with E-state index in [-0.39, 0.29) is 36.8 Å². The average molecular weight is 567 g/mol. The van der Waals surface area contributed by atoms with E-state index < -0.39 is 29.1 Å². The van der Waals surface area contributed by atoms with Crippen LogP contribution >= 0.6 is 24.0 Å². The van der Waals surface area contributed by atoms with Gasteiger partial charge in [-0.25, -0.2) is 4.98 Å². The summed E-state index contributed by atoms with van der Waals surface area (Å²) in [6.07, 6.45) is -4.71. The predicted octanol–water partition coefficient (Wildman–Crippen LogP) is 6.29. The van der Waals surface area contributed by atoms with Crippen molar-refractivity contribution in [3.05, 3.63) is 93.3 Å². The number of aromatic amines is 1. The number of hydrogen-bond acceptors (Lipinski definition) is 4. The number of H-pyrrole nitrogens is 1. The molecule has 4 rings (SSSR count). The van der Waals surface area contributed by atoms with Crippen LogP contribution in [-0.2, 0) is 24.1 Å². The number of carbonyl (C=O) groups excluding carboxylic acids is 2. The van der Waals surface area contributed by atoms with Crippen molar-refractivity contribution >= 4 is 52.5 Å². The summed E-state index contributed by atoms with van der Waals surface area (Å²) in [5.41, 5.74) is 0.989. The van der Waals surface area contributed by atoms with Crippen LogP contribution in [0.25, 0.3) is 11.0 Å². The van der Waals surface area contributed by atoms with Crippen molar-refractivity contribution in [2.75, 3.05) is 12.4 Å². The Morgan fingerprint density at radius 1 is 1.05 bits per heavy atom. The lowest BCUT2D eigenvalue weighted by Gasteiger charge is -2.14. The average Bonchev–Trinajstić information content (AvgIpc) is 3.26. The van der Waals surface area contributed by atoms with Gasteiger partial charge in [0.2, 0.25) is 0 Å². The van der Waals surface area contributed by atoms with Gasteiger partial charge < -0.3 is 20.4 Å². The summed E-state index contributed by atoms with van der Waals surface area (Å²) in [6.45, 7) is 2.15. The van der Waals surface area contributed by atoms with Crippen molar-refractivity contribution in [2.45, 2.75) is 26.3 Å². The van der Waals surface area contributed by atoms with Crippen LogP contribution in [0.3, 0.4) is 0 Å². The molecule has 1 heterocycles. The molecule has 1 aromatic heterocycles. The minimum Gasteiger partial charge on any atom is -0.377 e. The first-order chi connectivity index (χ1) is 17.6. The number of aromatic nitrogens is 2. The largest absolute Gasteiger partial charge is 0.417 e. The Hall–Kier alpha value is -3.60. The molecule has 3 aromatic carbocycles. The maximum atomic E-state index is 13.4. The molecule has 38 heavy (non-hydrogen) atoms. The first-order valence-electron chi connectivity index (χ1n) is 11.1. The van der Waals surface area contributed by atoms with Crippen LogP contribution in [-0.4, -0.2) is 28.9 Å². The molecule has 7 nitrogen and oxygen atoms in total. The van der Waals surface area contributed by atoms with Crippen molar-refractivity contribution in [3.63, 3.8) is 0 Å². The monoisotopic (exact) mass is 566 g/mol. The number of carbonyl (C=O) groups is 2. The molecule has 4 aromatic rings. The van der Waals surface area contributed by atoms with Crippen LogP contribution < -0.4 is 10.6 Å². The second kappa shape index (κ2) is 11.8. The highest BCUT2D eigenvalue weighted by Crippen LogP contribution is 2.32. The van der Waals surface area contributed by atoms with Crippen molar-refractivity contribution in [1.82, 2.24) is 15.3 Å². The van der Waals surface area contributed by atoms with Crippen molar-refractivity contribution < 1.29 is 27.5 Å². The van der Waals surface area contributed by atoms with E-state index in [1.165, 1.54) is 31.4 Å². The fourth-order valence-corrected chi connectivity index (χ4v) is 4.05. The Labute approximate surface area is 227 Å². The number of methoxy groups -OCH3 is 1. The van der Waals surface area contributed by atoms with Gasteiger partial charge in [0.25, 0.3) is 11.8 Å². The third-order valence-electron chi connectivity index (χ3n) is 5.72. The van der Waals surface area contributed by atoms with E-state index in [9.17, 15) is 22.8 Å². The lowest BCUT2D eigenvalue weighted by Crippen LogP contribution is -2.24. The summed E-state index contributed by atoms with van der Waals surface area (Å²) in [5, 5.41) is 5.85. The summed E-state index contributed by atoms with van der Waals surface area (Å²) in [6, 6.07) is 12.7. The van der Waals surface area contributed by atoms with E-state index in [1.807, 2.05) is 13.0 Å². The SMILES string of the molecule is COCc1nc2c(C(=O)NCc3cccc(Cl)c3C)cc(NC(=O)c3ccccc3C(F)(F)F)cc2[nH]1.Cl. The zero-order valence-electron chi connectivity index (χ0n) is 20.2. The van der Waals surface area contributed by atoms with E-state index in [4.69, 9.17) is 16.3 Å². The third kappa shape index (κ3) is 6.27. The number of nitrogens with zero attached hydrogens (tertiary/aromatic N) is 1. The topological polar surface area (TPSA) is 96.1 Å². The summed E-state index contributed by atoms with van der Waals surface area (Å²) in [5.74, 6) is -1.03. The zero-order valence-corrected chi connectivity index (χ0v) is 21.8. The number of anilines is 1. The van der Waals surface area contributed by atoms with Crippen LogP contribution in [0.2, 0.25) is 5.02 Å². The molecular formula is C26H23Cl2F3N4O3. The second-order valence-electron chi connectivity index (χ2n) is 8.24. The molecule has 0 aliphatic carbocycles. The van der Waals surface area contributed by atoms with Gasteiger partial charge in [-0.2, -0.15) is 13.2 Å². The van der Waals surface area contributed by atoms with Gasteiger partial charge in [0.15, 0.2) is 0 Å². The predicted molar refractivity (Wildman–Crippen MR) is 141 cm³/mol. The van der Waals surface area contributed by atoms with Crippen molar-refractivity contribution in [2.24, 2.45) is 0 Å². The van der Waals surface area contributed by atoms with Crippen LogP contribution in [0.5, 0.6) is 0 Å². The number of halogens is 5. The lowest BCUT2D eigenvalue weighted by atomic mass is 10.1. The highest BCUT2D eigenvalue weighted by molar-refractivity contribution is 6.31. The van der Waals surface area contributed by atoms with Gasteiger partial charge >= 0.3 is 6.18 Å². The van der Waals surface area contributed by atoms with Gasteiger partial charge in [-0.05, 0) is 48.4 Å². The number of nitrogens with one attached hydrogen (secondary N) is 3. The van der Waals surface area contributed by atoms with Crippen LogP contribution in [0.15, 0.2) is 54.6 Å². The van der Waals surface area contributed by atoms with Crippen molar-refractivity contribution in [1.29, 1.82) is 0 Å². The summed E-state index contributed by atoms with van der Waals surface area (Å²) < 4.78 is 45.3. The normalized spacial score (nSPS) is 11.2. The molecule has 2 amide bonds. The number of hydrogen-bond donors (Lipinski definition) is 3. The standard InChI is InChI=1S/C26H22ClF3N4O3.ClH/c1-14-15(6-5-9-20(14)27)12-31-24(35)18-10-16(11-21-23(18)34-22(33-21)13-37-2)32-25(36)17-7-3-4-8-19(17)26(28,29)30;/h3-11H,12-13H2,1-2H3,(H,31,35)(H,32,36)(H,33,34);1H. The Morgan fingerprint density at radius 2 is 1.79 bits per heavy atom. The molecule has 0 atom stereocenters. The zero-order chi connectivity index (χ0) is 26.7. The summed E-state index contributed by atoms with van der Waals surface area (Å²) >= 11 is 6.17. The molecule has 0 unspecified atom stereocenters. The fraction of sp³-hybridized carbons (Fsp3) is 0.192. The molecule has 0 radical (unpaired) electrons. The van der Waals surface area contributed by atoms with Gasteiger partial charge in [0.05, 0.1) is 22.2 Å². The maximum Gasteiger partial charge on any atom is 0.417 e. The minimum absolute atomic E-state index is 0. The minimum atomic E-state index is -4.71. The summed E-state index contributed by atoms with van der Waals surface area (Å²) in [4.78, 5) is 33.4. The number of imidazole rings is 1. The fourth-order valence-electron chi connectivity index (χ4n) is 3.86. The molecule has 0 aliphatic rings. The van der Waals surface area contributed by atoms with E-state index >= 15 is 0 Å². The highest BCUT2D eigenvalue weighted by atomic mass is 35.5. The van der Waals surface area contributed by atoms with Crippen molar-refractivity contribution in [3.8, 4) is 0 Å². The molecular weight excluding hydrogens is 544 g/mol. The number of ether oxygens (including phenoxy) is 1. The van der Waals surface area contributed by atoms with E-state index in [1.54, 1.807) is 12.1 Å². The molecule has 0 bridgehead atoms. The van der Waals surface area contributed by atoms with Gasteiger partial charge in [-0.3, -0.25) is 9.59 Å². The number of benzene rings is 3. The maximum absolute atomic E-state index is 13.4. The quantitative estimate of drug-likeness (QED) is 0.245. The molecule has 3 N–H and O–H groups in total. The third-order valence-corrected chi connectivity index (χ3v) is 6.13. The molecule has 0 fully saturated rings. The van der Waals surface area contributed by atoms with E-state index in [0.29, 0.717) is 21.9 Å². The van der Waals surface area contributed by atoms with Gasteiger partial charge in [-0.1, -0.05) is 35.9 Å². The number of fused-ring (bicyclic) bond motifs is 1. The number of rotatable bonds is 7.